The van der Waals surface area contributed by atoms with E-state index in [0.29, 0.717) is 6.42 Å². The van der Waals surface area contributed by atoms with Crippen LogP contribution in [0.2, 0.25) is 0 Å². The molecular weight excluding hydrogens is 242 g/mol. The maximum absolute atomic E-state index is 8.80. The van der Waals surface area contributed by atoms with E-state index < -0.39 is 0 Å². The summed E-state index contributed by atoms with van der Waals surface area (Å²) in [4.78, 5) is 7.92. The lowest BCUT2D eigenvalue weighted by atomic mass is 10.1. The summed E-state index contributed by atoms with van der Waals surface area (Å²) in [7, 11) is 0. The fraction of sp³-hybridized carbons (Fsp3) is 0.429. The van der Waals surface area contributed by atoms with Gasteiger partial charge in [-0.25, -0.2) is 4.98 Å². The van der Waals surface area contributed by atoms with E-state index in [1.807, 2.05) is 6.07 Å². The van der Waals surface area contributed by atoms with Gasteiger partial charge in [-0.2, -0.15) is 5.26 Å². The molecular formula is C14H15N3S. The third kappa shape index (κ3) is 2.23. The average molecular weight is 257 g/mol. The van der Waals surface area contributed by atoms with Gasteiger partial charge in [0.1, 0.15) is 0 Å². The topological polar surface area (TPSA) is 52.5 Å². The van der Waals surface area contributed by atoms with Crippen molar-refractivity contribution in [2.24, 2.45) is 5.41 Å². The van der Waals surface area contributed by atoms with Gasteiger partial charge in [0.2, 0.25) is 0 Å². The molecule has 0 radical (unpaired) electrons. The van der Waals surface area contributed by atoms with Crippen LogP contribution in [0.25, 0.3) is 11.0 Å². The lowest BCUT2D eigenvalue weighted by Gasteiger charge is -2.07. The van der Waals surface area contributed by atoms with E-state index >= 15 is 0 Å². The monoisotopic (exact) mass is 257 g/mol. The van der Waals surface area contributed by atoms with E-state index in [4.69, 9.17) is 5.26 Å². The Morgan fingerprint density at radius 2 is 2.33 bits per heavy atom. The minimum absolute atomic E-state index is 0.272. The fourth-order valence-corrected chi connectivity index (χ4v) is 3.29. The number of thioether (sulfide) groups is 1. The van der Waals surface area contributed by atoms with Gasteiger partial charge < -0.3 is 4.98 Å². The van der Waals surface area contributed by atoms with Crippen LogP contribution in [-0.2, 0) is 0 Å². The van der Waals surface area contributed by atoms with Gasteiger partial charge in [0.15, 0.2) is 5.16 Å². The fourth-order valence-electron chi connectivity index (χ4n) is 2.11. The van der Waals surface area contributed by atoms with Crippen LogP contribution in [-0.4, -0.2) is 15.7 Å². The average Bonchev–Trinajstić information content (AvgIpc) is 2.99. The second-order valence-electron chi connectivity index (χ2n) is 5.19. The molecule has 18 heavy (non-hydrogen) atoms. The Labute approximate surface area is 111 Å². The number of nitrogens with one attached hydrogen (secondary N) is 1. The largest absolute Gasteiger partial charge is 0.333 e. The number of hydrogen-bond donors (Lipinski definition) is 1. The minimum Gasteiger partial charge on any atom is -0.333 e. The number of nitriles is 1. The van der Waals surface area contributed by atoms with E-state index in [1.165, 1.54) is 18.4 Å². The van der Waals surface area contributed by atoms with Gasteiger partial charge in [-0.3, -0.25) is 0 Å². The van der Waals surface area contributed by atoms with Crippen molar-refractivity contribution >= 4 is 22.8 Å². The number of aromatic nitrogens is 2. The molecule has 92 valence electrons. The summed E-state index contributed by atoms with van der Waals surface area (Å²) in [5.41, 5.74) is 3.63. The van der Waals surface area contributed by atoms with Crippen LogP contribution in [0, 0.1) is 23.7 Å². The number of aromatic amines is 1. The Kier molecular flexibility index (Phi) is 2.79. The summed E-state index contributed by atoms with van der Waals surface area (Å²) >= 11 is 1.74. The zero-order chi connectivity index (χ0) is 12.6. The van der Waals surface area contributed by atoms with Crippen molar-refractivity contribution < 1.29 is 0 Å². The van der Waals surface area contributed by atoms with Gasteiger partial charge in [0.05, 0.1) is 17.1 Å². The molecule has 3 rings (SSSR count). The molecule has 1 aliphatic rings. The molecule has 0 bridgehead atoms. The van der Waals surface area contributed by atoms with Gasteiger partial charge in [0, 0.05) is 12.2 Å². The molecule has 4 heteroatoms. The maximum Gasteiger partial charge on any atom is 0.166 e. The molecule has 0 saturated heterocycles. The Morgan fingerprint density at radius 3 is 3.06 bits per heavy atom. The quantitative estimate of drug-likeness (QED) is 0.850. The predicted octanol–water partition coefficient (Wildman–Crippen LogP) is 3.66. The Balaban J connectivity index is 1.74. The summed E-state index contributed by atoms with van der Waals surface area (Å²) in [6.07, 6.45) is 3.05. The van der Waals surface area contributed by atoms with Gasteiger partial charge in [-0.05, 0) is 42.9 Å². The Bertz CT molecular complexity index is 619. The smallest absolute Gasteiger partial charge is 0.166 e. The molecule has 1 heterocycles. The van der Waals surface area contributed by atoms with Crippen molar-refractivity contribution in [2.45, 2.75) is 31.3 Å². The molecule has 0 amide bonds. The van der Waals surface area contributed by atoms with Gasteiger partial charge in [-0.1, -0.05) is 17.8 Å². The standard InChI is InChI=1S/C14H15N3S/c1-10-2-3-11-12(8-10)17-13(16-11)18-9-14(4-5-14)6-7-15/h2-3,8H,4-6,9H2,1H3,(H,16,17). The van der Waals surface area contributed by atoms with E-state index in [-0.39, 0.29) is 5.41 Å². The second kappa shape index (κ2) is 4.33. The number of fused-ring (bicyclic) bond motifs is 1. The van der Waals surface area contributed by atoms with Crippen LogP contribution >= 0.6 is 11.8 Å². The number of hydrogen-bond acceptors (Lipinski definition) is 3. The zero-order valence-corrected chi connectivity index (χ0v) is 11.2. The molecule has 1 aromatic carbocycles. The molecule has 1 N–H and O–H groups in total. The summed E-state index contributed by atoms with van der Waals surface area (Å²) in [5.74, 6) is 0.999. The summed E-state index contributed by atoms with van der Waals surface area (Å²) in [6.45, 7) is 2.08. The number of benzene rings is 1. The van der Waals surface area contributed by atoms with E-state index in [2.05, 4.69) is 35.1 Å². The first-order valence-corrected chi connectivity index (χ1v) is 7.16. The van der Waals surface area contributed by atoms with Crippen LogP contribution < -0.4 is 0 Å². The molecule has 0 atom stereocenters. The van der Waals surface area contributed by atoms with Crippen LogP contribution in [0.15, 0.2) is 23.4 Å². The van der Waals surface area contributed by atoms with Crippen molar-refractivity contribution in [1.29, 1.82) is 5.26 Å². The van der Waals surface area contributed by atoms with Crippen molar-refractivity contribution in [3.05, 3.63) is 23.8 Å². The highest BCUT2D eigenvalue weighted by Gasteiger charge is 2.42. The van der Waals surface area contributed by atoms with Gasteiger partial charge in [0.25, 0.3) is 0 Å². The molecule has 1 saturated carbocycles. The van der Waals surface area contributed by atoms with Crippen molar-refractivity contribution in [3.63, 3.8) is 0 Å². The molecule has 1 fully saturated rings. The minimum atomic E-state index is 0.272. The molecule has 0 unspecified atom stereocenters. The highest BCUT2D eigenvalue weighted by atomic mass is 32.2. The number of H-pyrrole nitrogens is 1. The lowest BCUT2D eigenvalue weighted by molar-refractivity contribution is 0.603. The van der Waals surface area contributed by atoms with Gasteiger partial charge in [-0.15, -0.1) is 0 Å². The maximum atomic E-state index is 8.80. The highest BCUT2D eigenvalue weighted by molar-refractivity contribution is 7.99. The third-order valence-electron chi connectivity index (χ3n) is 3.54. The zero-order valence-electron chi connectivity index (χ0n) is 10.4. The molecule has 2 aromatic rings. The Hall–Kier alpha value is -1.47. The molecule has 3 nitrogen and oxygen atoms in total. The summed E-state index contributed by atoms with van der Waals surface area (Å²) < 4.78 is 0. The van der Waals surface area contributed by atoms with Crippen LogP contribution in [0.4, 0.5) is 0 Å². The molecule has 0 aliphatic heterocycles. The van der Waals surface area contributed by atoms with E-state index in [1.54, 1.807) is 11.8 Å². The van der Waals surface area contributed by atoms with Gasteiger partial charge >= 0.3 is 0 Å². The third-order valence-corrected chi connectivity index (χ3v) is 4.77. The van der Waals surface area contributed by atoms with Crippen molar-refractivity contribution in [2.75, 3.05) is 5.75 Å². The van der Waals surface area contributed by atoms with E-state index in [0.717, 1.165) is 21.9 Å². The molecule has 0 spiro atoms. The lowest BCUT2D eigenvalue weighted by Crippen LogP contribution is -2.02. The highest BCUT2D eigenvalue weighted by Crippen LogP contribution is 2.51. The van der Waals surface area contributed by atoms with Crippen molar-refractivity contribution in [1.82, 2.24) is 9.97 Å². The normalized spacial score (nSPS) is 16.7. The molecule has 1 aliphatic carbocycles. The second-order valence-corrected chi connectivity index (χ2v) is 6.15. The van der Waals surface area contributed by atoms with Crippen LogP contribution in [0.1, 0.15) is 24.8 Å². The Morgan fingerprint density at radius 1 is 1.50 bits per heavy atom. The van der Waals surface area contributed by atoms with Crippen LogP contribution in [0.3, 0.4) is 0 Å². The first kappa shape index (κ1) is 11.6. The van der Waals surface area contributed by atoms with Crippen LogP contribution in [0.5, 0.6) is 0 Å². The summed E-state index contributed by atoms with van der Waals surface area (Å²) in [6, 6.07) is 8.54. The first-order chi connectivity index (χ1) is 8.71. The SMILES string of the molecule is Cc1ccc2nc(SCC3(CC#N)CC3)[nH]c2c1. The summed E-state index contributed by atoms with van der Waals surface area (Å²) in [5, 5.41) is 9.77. The number of nitrogens with zero attached hydrogens (tertiary/aromatic N) is 2. The molecule has 1 aromatic heterocycles. The first-order valence-electron chi connectivity index (χ1n) is 6.17. The van der Waals surface area contributed by atoms with E-state index in [9.17, 15) is 0 Å². The van der Waals surface area contributed by atoms with Crippen molar-refractivity contribution in [3.8, 4) is 6.07 Å². The number of aryl methyl sites for hydroxylation is 1. The number of rotatable bonds is 4. The predicted molar refractivity (Wildman–Crippen MR) is 73.5 cm³/mol. The number of imidazole rings is 1.